The molecule has 0 aromatic carbocycles. The van der Waals surface area contributed by atoms with Crippen LogP contribution in [0.1, 0.15) is 29.0 Å². The molecule has 0 saturated carbocycles. The molecule has 0 unspecified atom stereocenters. The smallest absolute Gasteiger partial charge is 0.273 e. The van der Waals surface area contributed by atoms with Gasteiger partial charge in [0.15, 0.2) is 5.65 Å². The monoisotopic (exact) mass is 364 g/mol. The van der Waals surface area contributed by atoms with Crippen LogP contribution in [-0.2, 0) is 19.0 Å². The molecular formula is C15H11F3N6S. The minimum atomic E-state index is -4.48. The Labute approximate surface area is 142 Å². The van der Waals surface area contributed by atoms with Crippen LogP contribution < -0.4 is 0 Å². The molecule has 1 N–H and O–H groups in total. The van der Waals surface area contributed by atoms with Crippen LogP contribution in [0.2, 0.25) is 0 Å². The van der Waals surface area contributed by atoms with Gasteiger partial charge in [-0.25, -0.2) is 14.5 Å². The lowest BCUT2D eigenvalue weighted by Gasteiger charge is -2.09. The molecule has 0 bridgehead atoms. The molecule has 4 aromatic rings. The Hall–Kier alpha value is -2.49. The third-order valence-electron chi connectivity index (χ3n) is 4.40. The van der Waals surface area contributed by atoms with E-state index in [1.165, 1.54) is 21.4 Å². The van der Waals surface area contributed by atoms with E-state index in [0.717, 1.165) is 35.5 Å². The maximum Gasteiger partial charge on any atom is 0.432 e. The van der Waals surface area contributed by atoms with Crippen molar-refractivity contribution in [2.75, 3.05) is 0 Å². The van der Waals surface area contributed by atoms with Crippen LogP contribution >= 0.6 is 11.3 Å². The van der Waals surface area contributed by atoms with Gasteiger partial charge in [-0.15, -0.1) is 16.4 Å². The summed E-state index contributed by atoms with van der Waals surface area (Å²) < 4.78 is 39.8. The van der Waals surface area contributed by atoms with Crippen molar-refractivity contribution in [3.8, 4) is 11.5 Å². The van der Waals surface area contributed by atoms with Crippen molar-refractivity contribution < 1.29 is 13.2 Å². The van der Waals surface area contributed by atoms with Crippen molar-refractivity contribution in [2.45, 2.75) is 31.9 Å². The molecule has 0 amide bonds. The predicted molar refractivity (Wildman–Crippen MR) is 85.4 cm³/mol. The number of nitrogens with one attached hydrogen (secondary N) is 1. The second kappa shape index (κ2) is 5.01. The average molecular weight is 364 g/mol. The molecular weight excluding hydrogens is 353 g/mol. The van der Waals surface area contributed by atoms with Crippen LogP contribution in [0.4, 0.5) is 13.2 Å². The highest BCUT2D eigenvalue weighted by Crippen LogP contribution is 2.37. The maximum absolute atomic E-state index is 12.8. The lowest BCUT2D eigenvalue weighted by molar-refractivity contribution is -0.141. The third-order valence-corrected chi connectivity index (χ3v) is 5.60. The molecule has 4 heterocycles. The SMILES string of the molecule is FC(F)(F)c1cc(-c2nc3c4c5c(sc4ncn3n2)CCCC5)n[nH]1. The molecule has 0 atom stereocenters. The van der Waals surface area contributed by atoms with Gasteiger partial charge in [0.1, 0.15) is 22.5 Å². The second-order valence-electron chi connectivity index (χ2n) is 6.00. The van der Waals surface area contributed by atoms with Gasteiger partial charge in [-0.2, -0.15) is 18.3 Å². The predicted octanol–water partition coefficient (Wildman–Crippen LogP) is 3.63. The van der Waals surface area contributed by atoms with Gasteiger partial charge in [-0.3, -0.25) is 5.10 Å². The first-order chi connectivity index (χ1) is 12.0. The molecule has 0 spiro atoms. The summed E-state index contributed by atoms with van der Waals surface area (Å²) in [4.78, 5) is 11.1. The molecule has 1 aliphatic rings. The highest BCUT2D eigenvalue weighted by atomic mass is 32.1. The van der Waals surface area contributed by atoms with Crippen molar-refractivity contribution in [2.24, 2.45) is 0 Å². The lowest BCUT2D eigenvalue weighted by Crippen LogP contribution is -2.04. The van der Waals surface area contributed by atoms with Crippen molar-refractivity contribution >= 4 is 27.2 Å². The van der Waals surface area contributed by atoms with E-state index < -0.39 is 11.9 Å². The Kier molecular flexibility index (Phi) is 2.97. The number of fused-ring (bicyclic) bond motifs is 5. The third kappa shape index (κ3) is 2.24. The van der Waals surface area contributed by atoms with Gasteiger partial charge in [0.05, 0.1) is 5.39 Å². The molecule has 6 nitrogen and oxygen atoms in total. The summed E-state index contributed by atoms with van der Waals surface area (Å²) in [5, 5.41) is 10.9. The number of halogens is 3. The van der Waals surface area contributed by atoms with Crippen LogP contribution in [-0.4, -0.2) is 29.8 Å². The van der Waals surface area contributed by atoms with Gasteiger partial charge in [-0.1, -0.05) is 0 Å². The standard InChI is InChI=1S/C15H11F3N6S/c16-15(17,18)10-5-8(21-22-10)12-20-13-11-7-3-1-2-4-9(7)25-14(11)19-6-24(13)23-12/h5-6H,1-4H2,(H,21,22). The summed E-state index contributed by atoms with van der Waals surface area (Å²) in [5.41, 5.74) is 1.02. The summed E-state index contributed by atoms with van der Waals surface area (Å²) in [6.07, 6.45) is 1.37. The van der Waals surface area contributed by atoms with E-state index in [1.54, 1.807) is 17.7 Å². The topological polar surface area (TPSA) is 71.8 Å². The Morgan fingerprint density at radius 1 is 1.20 bits per heavy atom. The number of hydrogen-bond donors (Lipinski definition) is 1. The summed E-state index contributed by atoms with van der Waals surface area (Å²) in [6, 6.07) is 0.919. The van der Waals surface area contributed by atoms with E-state index in [2.05, 4.69) is 20.2 Å². The van der Waals surface area contributed by atoms with Crippen molar-refractivity contribution in [3.63, 3.8) is 0 Å². The number of aryl methyl sites for hydroxylation is 2. The van der Waals surface area contributed by atoms with Crippen LogP contribution in [0.3, 0.4) is 0 Å². The largest absolute Gasteiger partial charge is 0.432 e. The number of hydrogen-bond acceptors (Lipinski definition) is 5. The summed E-state index contributed by atoms with van der Waals surface area (Å²) >= 11 is 1.66. The highest BCUT2D eigenvalue weighted by molar-refractivity contribution is 7.19. The number of alkyl halides is 3. The fraction of sp³-hybridized carbons (Fsp3) is 0.333. The zero-order valence-electron chi connectivity index (χ0n) is 12.8. The molecule has 25 heavy (non-hydrogen) atoms. The Balaban J connectivity index is 1.70. The summed E-state index contributed by atoms with van der Waals surface area (Å²) in [7, 11) is 0. The van der Waals surface area contributed by atoms with E-state index in [4.69, 9.17) is 0 Å². The number of aromatic nitrogens is 6. The zero-order valence-corrected chi connectivity index (χ0v) is 13.6. The van der Waals surface area contributed by atoms with Crippen molar-refractivity contribution in [1.82, 2.24) is 29.8 Å². The van der Waals surface area contributed by atoms with Crippen LogP contribution in [0.5, 0.6) is 0 Å². The minimum absolute atomic E-state index is 0.0632. The first-order valence-electron chi connectivity index (χ1n) is 7.79. The second-order valence-corrected chi connectivity index (χ2v) is 7.09. The van der Waals surface area contributed by atoms with Gasteiger partial charge in [0.2, 0.25) is 5.82 Å². The van der Waals surface area contributed by atoms with Crippen molar-refractivity contribution in [1.29, 1.82) is 0 Å². The molecule has 10 heteroatoms. The molecule has 5 rings (SSSR count). The fourth-order valence-electron chi connectivity index (χ4n) is 3.24. The van der Waals surface area contributed by atoms with E-state index in [-0.39, 0.29) is 11.5 Å². The normalized spacial score (nSPS) is 15.2. The van der Waals surface area contributed by atoms with Gasteiger partial charge in [0, 0.05) is 4.88 Å². The van der Waals surface area contributed by atoms with E-state index in [1.807, 2.05) is 5.10 Å². The van der Waals surface area contributed by atoms with E-state index in [9.17, 15) is 13.2 Å². The van der Waals surface area contributed by atoms with Crippen molar-refractivity contribution in [3.05, 3.63) is 28.5 Å². The zero-order chi connectivity index (χ0) is 17.2. The van der Waals surface area contributed by atoms with Crippen LogP contribution in [0.15, 0.2) is 12.4 Å². The Morgan fingerprint density at radius 2 is 2.04 bits per heavy atom. The molecule has 0 radical (unpaired) electrons. The highest BCUT2D eigenvalue weighted by Gasteiger charge is 2.33. The maximum atomic E-state index is 12.8. The molecule has 0 aliphatic heterocycles. The average Bonchev–Trinajstić information content (AvgIpc) is 3.28. The number of nitrogens with zero attached hydrogens (tertiary/aromatic N) is 5. The molecule has 4 aromatic heterocycles. The lowest BCUT2D eigenvalue weighted by atomic mass is 9.97. The molecule has 0 fully saturated rings. The number of rotatable bonds is 1. The Morgan fingerprint density at radius 3 is 2.84 bits per heavy atom. The quantitative estimate of drug-likeness (QED) is 0.560. The van der Waals surface area contributed by atoms with Gasteiger partial charge in [-0.05, 0) is 37.3 Å². The number of thiophene rings is 1. The summed E-state index contributed by atoms with van der Waals surface area (Å²) in [5.74, 6) is 0.150. The molecule has 128 valence electrons. The Bertz CT molecular complexity index is 1110. The minimum Gasteiger partial charge on any atom is -0.273 e. The molecule has 1 aliphatic carbocycles. The summed E-state index contributed by atoms with van der Waals surface area (Å²) in [6.45, 7) is 0. The molecule has 0 saturated heterocycles. The van der Waals surface area contributed by atoms with Crippen LogP contribution in [0, 0.1) is 0 Å². The van der Waals surface area contributed by atoms with Gasteiger partial charge in [0.25, 0.3) is 0 Å². The van der Waals surface area contributed by atoms with Gasteiger partial charge < -0.3 is 0 Å². The first kappa shape index (κ1) is 14.8. The number of aromatic amines is 1. The van der Waals surface area contributed by atoms with E-state index in [0.29, 0.717) is 5.65 Å². The van der Waals surface area contributed by atoms with Crippen LogP contribution in [0.25, 0.3) is 27.4 Å². The number of H-pyrrole nitrogens is 1. The first-order valence-corrected chi connectivity index (χ1v) is 8.61. The van der Waals surface area contributed by atoms with Gasteiger partial charge >= 0.3 is 6.18 Å². The van der Waals surface area contributed by atoms with E-state index >= 15 is 0 Å². The fourth-order valence-corrected chi connectivity index (χ4v) is 4.47.